The molecule has 0 amide bonds. The van der Waals surface area contributed by atoms with Gasteiger partial charge in [0.15, 0.2) is 0 Å². The average molecular weight is 410 g/mol. The Labute approximate surface area is 177 Å². The molecule has 0 saturated carbocycles. The van der Waals surface area contributed by atoms with E-state index in [9.17, 15) is 0 Å². The Hall–Kier alpha value is -2.02. The summed E-state index contributed by atoms with van der Waals surface area (Å²) in [5.74, 6) is 2.37. The van der Waals surface area contributed by atoms with Crippen LogP contribution < -0.4 is 5.32 Å². The molecule has 0 radical (unpaired) electrons. The number of piperazine rings is 1. The molecule has 1 aliphatic rings. The summed E-state index contributed by atoms with van der Waals surface area (Å²) in [6.45, 7) is 12.1. The molecule has 1 aromatic carbocycles. The molecule has 154 valence electrons. The zero-order valence-electron chi connectivity index (χ0n) is 17.9. The van der Waals surface area contributed by atoms with Crippen molar-refractivity contribution in [1.29, 1.82) is 0 Å². The number of hydrogen-bond acceptors (Lipinski definition) is 6. The van der Waals surface area contributed by atoms with Gasteiger partial charge in [-0.15, -0.1) is 11.3 Å². The second-order valence-corrected chi connectivity index (χ2v) is 9.20. The van der Waals surface area contributed by atoms with E-state index in [2.05, 4.69) is 71.7 Å². The molecule has 1 fully saturated rings. The first-order valence-electron chi connectivity index (χ1n) is 10.5. The normalized spacial score (nSPS) is 17.1. The molecule has 0 bridgehead atoms. The fourth-order valence-electron chi connectivity index (χ4n) is 4.15. The first-order chi connectivity index (χ1) is 14.0. The zero-order chi connectivity index (χ0) is 20.4. The number of rotatable bonds is 6. The van der Waals surface area contributed by atoms with Crippen LogP contribution in [0.25, 0.3) is 21.3 Å². The van der Waals surface area contributed by atoms with Crippen LogP contribution in [0.5, 0.6) is 0 Å². The molecule has 1 saturated heterocycles. The van der Waals surface area contributed by atoms with Crippen molar-refractivity contribution in [2.24, 2.45) is 5.92 Å². The van der Waals surface area contributed by atoms with Gasteiger partial charge in [-0.25, -0.2) is 9.97 Å². The SMILES string of the molecule is Cc1nc(NC[C@@H](C(C)C)N2CCN(C)CC2)c2c(-c3ccccc3)csc2n1. The molecule has 3 aromatic rings. The highest BCUT2D eigenvalue weighted by molar-refractivity contribution is 7.17. The molecule has 5 nitrogen and oxygen atoms in total. The molecular formula is C23H31N5S. The van der Waals surface area contributed by atoms with Crippen molar-refractivity contribution < 1.29 is 0 Å². The highest BCUT2D eigenvalue weighted by Gasteiger charge is 2.25. The predicted molar refractivity (Wildman–Crippen MR) is 124 cm³/mol. The van der Waals surface area contributed by atoms with Crippen molar-refractivity contribution in [3.63, 3.8) is 0 Å². The lowest BCUT2D eigenvalue weighted by Crippen LogP contribution is -2.52. The number of fused-ring (bicyclic) bond motifs is 1. The first kappa shape index (κ1) is 20.3. The number of aromatic nitrogens is 2. The van der Waals surface area contributed by atoms with Crippen LogP contribution in [0.2, 0.25) is 0 Å². The number of aryl methyl sites for hydroxylation is 1. The summed E-state index contributed by atoms with van der Waals surface area (Å²) in [7, 11) is 2.21. The van der Waals surface area contributed by atoms with Gasteiger partial charge >= 0.3 is 0 Å². The second-order valence-electron chi connectivity index (χ2n) is 8.35. The van der Waals surface area contributed by atoms with Crippen molar-refractivity contribution in [1.82, 2.24) is 19.8 Å². The van der Waals surface area contributed by atoms with Crippen molar-refractivity contribution in [3.8, 4) is 11.1 Å². The van der Waals surface area contributed by atoms with Crippen LogP contribution in [0.1, 0.15) is 19.7 Å². The lowest BCUT2D eigenvalue weighted by atomic mass is 10.0. The van der Waals surface area contributed by atoms with Gasteiger partial charge in [0.2, 0.25) is 0 Å². The van der Waals surface area contributed by atoms with E-state index in [1.807, 2.05) is 6.92 Å². The minimum atomic E-state index is 0.493. The van der Waals surface area contributed by atoms with Crippen LogP contribution in [0.15, 0.2) is 35.7 Å². The Balaban J connectivity index is 1.62. The summed E-state index contributed by atoms with van der Waals surface area (Å²) in [6, 6.07) is 11.0. The lowest BCUT2D eigenvalue weighted by Gasteiger charge is -2.40. The molecule has 1 N–H and O–H groups in total. The maximum absolute atomic E-state index is 4.81. The van der Waals surface area contributed by atoms with E-state index >= 15 is 0 Å². The van der Waals surface area contributed by atoms with E-state index in [1.54, 1.807) is 11.3 Å². The van der Waals surface area contributed by atoms with Gasteiger partial charge in [-0.1, -0.05) is 44.2 Å². The van der Waals surface area contributed by atoms with E-state index in [-0.39, 0.29) is 0 Å². The van der Waals surface area contributed by atoms with Gasteiger partial charge in [0.25, 0.3) is 0 Å². The summed E-state index contributed by atoms with van der Waals surface area (Å²) < 4.78 is 0. The molecule has 29 heavy (non-hydrogen) atoms. The largest absolute Gasteiger partial charge is 0.368 e. The number of nitrogens with one attached hydrogen (secondary N) is 1. The van der Waals surface area contributed by atoms with Crippen LogP contribution in [-0.4, -0.2) is 65.6 Å². The van der Waals surface area contributed by atoms with Crippen LogP contribution in [0.3, 0.4) is 0 Å². The van der Waals surface area contributed by atoms with Crippen LogP contribution >= 0.6 is 11.3 Å². The summed E-state index contributed by atoms with van der Waals surface area (Å²) in [4.78, 5) is 15.6. The Morgan fingerprint density at radius 3 is 2.48 bits per heavy atom. The minimum absolute atomic E-state index is 0.493. The van der Waals surface area contributed by atoms with Crippen molar-refractivity contribution in [2.75, 3.05) is 45.1 Å². The molecule has 2 aromatic heterocycles. The Bertz CT molecular complexity index is 945. The van der Waals surface area contributed by atoms with Crippen molar-refractivity contribution >= 4 is 27.4 Å². The standard InChI is InChI=1S/C23H31N5S/c1-16(2)20(28-12-10-27(4)11-13-28)14-24-22-21-19(18-8-6-5-7-9-18)15-29-23(21)26-17(3)25-22/h5-9,15-16,20H,10-14H2,1-4H3,(H,24,25,26)/t20-/m0/s1. The fraction of sp³-hybridized carbons (Fsp3) is 0.478. The summed E-state index contributed by atoms with van der Waals surface area (Å²) in [6.07, 6.45) is 0. The Morgan fingerprint density at radius 2 is 1.79 bits per heavy atom. The molecule has 0 unspecified atom stereocenters. The number of likely N-dealkylation sites (N-methyl/N-ethyl adjacent to an activating group) is 1. The third kappa shape index (κ3) is 4.44. The summed E-state index contributed by atoms with van der Waals surface area (Å²) >= 11 is 1.70. The van der Waals surface area contributed by atoms with Crippen LogP contribution in [-0.2, 0) is 0 Å². The molecule has 1 aliphatic heterocycles. The molecule has 4 rings (SSSR count). The quantitative estimate of drug-likeness (QED) is 0.656. The average Bonchev–Trinajstić information content (AvgIpc) is 3.13. The molecule has 3 heterocycles. The highest BCUT2D eigenvalue weighted by atomic mass is 32.1. The van der Waals surface area contributed by atoms with E-state index in [4.69, 9.17) is 9.97 Å². The minimum Gasteiger partial charge on any atom is -0.368 e. The van der Waals surface area contributed by atoms with Gasteiger partial charge in [0, 0.05) is 49.7 Å². The molecule has 0 spiro atoms. The van der Waals surface area contributed by atoms with Crippen LogP contribution in [0.4, 0.5) is 5.82 Å². The molecule has 6 heteroatoms. The number of nitrogens with zero attached hydrogens (tertiary/aromatic N) is 4. The van der Waals surface area contributed by atoms with Gasteiger partial charge in [-0.2, -0.15) is 0 Å². The molecule has 0 aliphatic carbocycles. The van der Waals surface area contributed by atoms with Crippen LogP contribution in [0, 0.1) is 12.8 Å². The van der Waals surface area contributed by atoms with E-state index in [1.165, 1.54) is 11.1 Å². The number of anilines is 1. The molecular weight excluding hydrogens is 378 g/mol. The van der Waals surface area contributed by atoms with E-state index in [0.717, 1.165) is 54.6 Å². The highest BCUT2D eigenvalue weighted by Crippen LogP contribution is 2.37. The van der Waals surface area contributed by atoms with Gasteiger partial charge < -0.3 is 10.2 Å². The monoisotopic (exact) mass is 409 g/mol. The summed E-state index contributed by atoms with van der Waals surface area (Å²) in [5, 5.41) is 7.07. The van der Waals surface area contributed by atoms with Gasteiger partial charge in [0.1, 0.15) is 16.5 Å². The second kappa shape index (κ2) is 8.78. The topological polar surface area (TPSA) is 44.3 Å². The predicted octanol–water partition coefficient (Wildman–Crippen LogP) is 4.35. The van der Waals surface area contributed by atoms with Gasteiger partial charge in [-0.05, 0) is 25.5 Å². The number of hydrogen-bond donors (Lipinski definition) is 1. The Kier molecular flexibility index (Phi) is 6.13. The zero-order valence-corrected chi connectivity index (χ0v) is 18.7. The molecule has 1 atom stereocenters. The smallest absolute Gasteiger partial charge is 0.139 e. The number of benzene rings is 1. The lowest BCUT2D eigenvalue weighted by molar-refractivity contribution is 0.0944. The van der Waals surface area contributed by atoms with Crippen molar-refractivity contribution in [3.05, 3.63) is 41.5 Å². The van der Waals surface area contributed by atoms with Gasteiger partial charge in [0.05, 0.1) is 5.39 Å². The number of thiophene rings is 1. The summed E-state index contributed by atoms with van der Waals surface area (Å²) in [5.41, 5.74) is 2.43. The maximum atomic E-state index is 4.81. The van der Waals surface area contributed by atoms with E-state index in [0.29, 0.717) is 12.0 Å². The van der Waals surface area contributed by atoms with Gasteiger partial charge in [-0.3, -0.25) is 4.90 Å². The third-order valence-electron chi connectivity index (χ3n) is 5.89. The Morgan fingerprint density at radius 1 is 1.07 bits per heavy atom. The van der Waals surface area contributed by atoms with E-state index < -0.39 is 0 Å². The first-order valence-corrected chi connectivity index (χ1v) is 11.4. The fourth-order valence-corrected chi connectivity index (χ4v) is 5.14. The third-order valence-corrected chi connectivity index (χ3v) is 6.76. The maximum Gasteiger partial charge on any atom is 0.139 e. The van der Waals surface area contributed by atoms with Crippen molar-refractivity contribution in [2.45, 2.75) is 26.8 Å².